The van der Waals surface area contributed by atoms with Gasteiger partial charge in [-0.15, -0.1) is 0 Å². The summed E-state index contributed by atoms with van der Waals surface area (Å²) in [6.07, 6.45) is 1.30. The van der Waals surface area contributed by atoms with Crippen LogP contribution >= 0.6 is 0 Å². The summed E-state index contributed by atoms with van der Waals surface area (Å²) < 4.78 is 31.3. The van der Waals surface area contributed by atoms with Crippen LogP contribution in [-0.4, -0.2) is 25.7 Å². The smallest absolute Gasteiger partial charge is 0.309 e. The Bertz CT molecular complexity index is 437. The third-order valence-corrected chi connectivity index (χ3v) is 3.33. The zero-order valence-electron chi connectivity index (χ0n) is 10.9. The molecular formula is C14H17F2NO2. The van der Waals surface area contributed by atoms with Gasteiger partial charge < -0.3 is 9.64 Å². The van der Waals surface area contributed by atoms with Crippen LogP contribution in [0.5, 0.6) is 0 Å². The van der Waals surface area contributed by atoms with E-state index in [4.69, 9.17) is 4.74 Å². The average Bonchev–Trinajstić information content (AvgIpc) is 2.38. The van der Waals surface area contributed by atoms with Gasteiger partial charge in [0.1, 0.15) is 11.6 Å². The number of nitrogens with zero attached hydrogens (tertiary/aromatic N) is 1. The van der Waals surface area contributed by atoms with E-state index in [0.29, 0.717) is 38.2 Å². The van der Waals surface area contributed by atoms with Gasteiger partial charge in [-0.25, -0.2) is 8.78 Å². The molecule has 0 bridgehead atoms. The Balaban J connectivity index is 1.97. The summed E-state index contributed by atoms with van der Waals surface area (Å²) in [7, 11) is 0. The lowest BCUT2D eigenvalue weighted by molar-refractivity contribution is -0.148. The van der Waals surface area contributed by atoms with Gasteiger partial charge in [0.2, 0.25) is 0 Å². The van der Waals surface area contributed by atoms with Crippen LogP contribution in [0.4, 0.5) is 14.5 Å². The Morgan fingerprint density at radius 3 is 2.37 bits per heavy atom. The number of halogens is 2. The molecular weight excluding hydrogens is 252 g/mol. The van der Waals surface area contributed by atoms with E-state index >= 15 is 0 Å². The number of anilines is 1. The van der Waals surface area contributed by atoms with Crippen LogP contribution < -0.4 is 4.90 Å². The van der Waals surface area contributed by atoms with Crippen molar-refractivity contribution in [1.82, 2.24) is 0 Å². The Morgan fingerprint density at radius 1 is 1.26 bits per heavy atom. The summed E-state index contributed by atoms with van der Waals surface area (Å²) in [5, 5.41) is 0. The number of hydrogen-bond donors (Lipinski definition) is 0. The highest BCUT2D eigenvalue weighted by molar-refractivity contribution is 5.72. The van der Waals surface area contributed by atoms with Crippen molar-refractivity contribution in [2.24, 2.45) is 5.92 Å². The molecule has 19 heavy (non-hydrogen) atoms. The molecule has 0 saturated carbocycles. The van der Waals surface area contributed by atoms with Crippen LogP contribution in [0.15, 0.2) is 18.2 Å². The van der Waals surface area contributed by atoms with Crippen LogP contribution in [-0.2, 0) is 9.53 Å². The van der Waals surface area contributed by atoms with E-state index in [-0.39, 0.29) is 11.9 Å². The number of carbonyl (C=O) groups is 1. The monoisotopic (exact) mass is 269 g/mol. The molecule has 1 fully saturated rings. The van der Waals surface area contributed by atoms with Crippen molar-refractivity contribution in [2.45, 2.75) is 19.8 Å². The Labute approximate surface area is 111 Å². The fourth-order valence-electron chi connectivity index (χ4n) is 2.36. The molecule has 1 heterocycles. The molecule has 3 nitrogen and oxygen atoms in total. The van der Waals surface area contributed by atoms with Crippen LogP contribution in [0.3, 0.4) is 0 Å². The molecule has 0 amide bonds. The molecule has 1 aromatic rings. The van der Waals surface area contributed by atoms with Gasteiger partial charge in [0.15, 0.2) is 0 Å². The van der Waals surface area contributed by atoms with E-state index in [9.17, 15) is 13.6 Å². The minimum atomic E-state index is -0.581. The lowest BCUT2D eigenvalue weighted by atomic mass is 9.96. The third kappa shape index (κ3) is 3.43. The molecule has 1 aliphatic rings. The van der Waals surface area contributed by atoms with E-state index in [0.717, 1.165) is 6.07 Å². The number of ether oxygens (including phenoxy) is 1. The number of rotatable bonds is 3. The first kappa shape index (κ1) is 13.8. The second-order valence-corrected chi connectivity index (χ2v) is 4.64. The molecule has 0 unspecified atom stereocenters. The number of esters is 1. The average molecular weight is 269 g/mol. The topological polar surface area (TPSA) is 29.5 Å². The zero-order valence-corrected chi connectivity index (χ0v) is 10.9. The SMILES string of the molecule is CCOC(=O)C1CCN(c2cc(F)cc(F)c2)CC1. The quantitative estimate of drug-likeness (QED) is 0.790. The van der Waals surface area contributed by atoms with Crippen molar-refractivity contribution in [3.8, 4) is 0 Å². The second-order valence-electron chi connectivity index (χ2n) is 4.64. The zero-order chi connectivity index (χ0) is 13.8. The maximum atomic E-state index is 13.1. The Hall–Kier alpha value is -1.65. The molecule has 0 spiro atoms. The lowest BCUT2D eigenvalue weighted by Crippen LogP contribution is -2.37. The molecule has 0 aliphatic carbocycles. The van der Waals surface area contributed by atoms with Crippen LogP contribution in [0.1, 0.15) is 19.8 Å². The molecule has 1 saturated heterocycles. The van der Waals surface area contributed by atoms with E-state index < -0.39 is 11.6 Å². The summed E-state index contributed by atoms with van der Waals surface area (Å²) in [6.45, 7) is 3.37. The number of benzene rings is 1. The van der Waals surface area contributed by atoms with Crippen LogP contribution in [0.25, 0.3) is 0 Å². The van der Waals surface area contributed by atoms with Crippen LogP contribution in [0, 0.1) is 17.6 Å². The molecule has 0 aromatic heterocycles. The van der Waals surface area contributed by atoms with Gasteiger partial charge in [-0.3, -0.25) is 4.79 Å². The fourth-order valence-corrected chi connectivity index (χ4v) is 2.36. The highest BCUT2D eigenvalue weighted by Crippen LogP contribution is 2.25. The first-order valence-electron chi connectivity index (χ1n) is 6.48. The third-order valence-electron chi connectivity index (χ3n) is 3.33. The van der Waals surface area contributed by atoms with E-state index in [1.54, 1.807) is 6.92 Å². The fraction of sp³-hybridized carbons (Fsp3) is 0.500. The van der Waals surface area contributed by atoms with Gasteiger partial charge in [-0.2, -0.15) is 0 Å². The van der Waals surface area contributed by atoms with Crippen LogP contribution in [0.2, 0.25) is 0 Å². The van der Waals surface area contributed by atoms with Crippen molar-refractivity contribution < 1.29 is 18.3 Å². The molecule has 1 aromatic carbocycles. The maximum absolute atomic E-state index is 13.1. The molecule has 0 atom stereocenters. The molecule has 1 aliphatic heterocycles. The van der Waals surface area contributed by atoms with Gasteiger partial charge in [0.05, 0.1) is 12.5 Å². The minimum Gasteiger partial charge on any atom is -0.466 e. The largest absolute Gasteiger partial charge is 0.466 e. The van der Waals surface area contributed by atoms with Crippen molar-refractivity contribution >= 4 is 11.7 Å². The van der Waals surface area contributed by atoms with Crippen molar-refractivity contribution in [1.29, 1.82) is 0 Å². The van der Waals surface area contributed by atoms with Gasteiger partial charge in [-0.1, -0.05) is 0 Å². The standard InChI is InChI=1S/C14H17F2NO2/c1-2-19-14(18)10-3-5-17(6-4-10)13-8-11(15)7-12(16)9-13/h7-10H,2-6H2,1H3. The van der Waals surface area contributed by atoms with Gasteiger partial charge >= 0.3 is 5.97 Å². The summed E-state index contributed by atoms with van der Waals surface area (Å²) >= 11 is 0. The first-order chi connectivity index (χ1) is 9.10. The van der Waals surface area contributed by atoms with E-state index in [2.05, 4.69) is 0 Å². The van der Waals surface area contributed by atoms with E-state index in [1.807, 2.05) is 4.90 Å². The van der Waals surface area contributed by atoms with Gasteiger partial charge in [-0.05, 0) is 31.9 Å². The van der Waals surface area contributed by atoms with E-state index in [1.165, 1.54) is 12.1 Å². The highest BCUT2D eigenvalue weighted by atomic mass is 19.1. The summed E-state index contributed by atoms with van der Waals surface area (Å²) in [5.41, 5.74) is 0.528. The summed E-state index contributed by atoms with van der Waals surface area (Å²) in [5.74, 6) is -1.44. The molecule has 5 heteroatoms. The number of piperidine rings is 1. The second kappa shape index (κ2) is 5.99. The first-order valence-corrected chi connectivity index (χ1v) is 6.48. The normalized spacial score (nSPS) is 16.5. The maximum Gasteiger partial charge on any atom is 0.309 e. The van der Waals surface area contributed by atoms with Crippen molar-refractivity contribution in [3.05, 3.63) is 29.8 Å². The minimum absolute atomic E-state index is 0.102. The number of hydrogen-bond acceptors (Lipinski definition) is 3. The predicted octanol–water partition coefficient (Wildman–Crippen LogP) is 2.74. The Morgan fingerprint density at radius 2 is 1.84 bits per heavy atom. The molecule has 0 radical (unpaired) electrons. The lowest BCUT2D eigenvalue weighted by Gasteiger charge is -2.32. The molecule has 2 rings (SSSR count). The molecule has 104 valence electrons. The van der Waals surface area contributed by atoms with Gasteiger partial charge in [0, 0.05) is 24.8 Å². The Kier molecular flexibility index (Phi) is 4.35. The number of carbonyl (C=O) groups excluding carboxylic acids is 1. The van der Waals surface area contributed by atoms with Crippen molar-refractivity contribution in [2.75, 3.05) is 24.6 Å². The summed E-state index contributed by atoms with van der Waals surface area (Å²) in [4.78, 5) is 13.5. The summed E-state index contributed by atoms with van der Waals surface area (Å²) in [6, 6.07) is 3.48. The highest BCUT2D eigenvalue weighted by Gasteiger charge is 2.26. The molecule has 0 N–H and O–H groups in total. The van der Waals surface area contributed by atoms with Crippen molar-refractivity contribution in [3.63, 3.8) is 0 Å². The van der Waals surface area contributed by atoms with Gasteiger partial charge in [0.25, 0.3) is 0 Å². The predicted molar refractivity (Wildman–Crippen MR) is 67.9 cm³/mol.